The van der Waals surface area contributed by atoms with Gasteiger partial charge in [-0.2, -0.15) is 0 Å². The number of rotatable bonds is 3. The summed E-state index contributed by atoms with van der Waals surface area (Å²) < 4.78 is 0. The van der Waals surface area contributed by atoms with E-state index in [-0.39, 0.29) is 11.5 Å². The van der Waals surface area contributed by atoms with Crippen molar-refractivity contribution in [3.63, 3.8) is 0 Å². The van der Waals surface area contributed by atoms with Crippen molar-refractivity contribution < 1.29 is 9.90 Å². The van der Waals surface area contributed by atoms with Gasteiger partial charge in [0.15, 0.2) is 5.78 Å². The molecule has 3 aromatic rings. The summed E-state index contributed by atoms with van der Waals surface area (Å²) in [5, 5.41) is 11.7. The Kier molecular flexibility index (Phi) is 3.21. The molecule has 20 heavy (non-hydrogen) atoms. The largest absolute Gasteiger partial charge is 0.507 e. The van der Waals surface area contributed by atoms with Crippen LogP contribution in [0.4, 0.5) is 0 Å². The Morgan fingerprint density at radius 1 is 0.850 bits per heavy atom. The lowest BCUT2D eigenvalue weighted by Gasteiger charge is -2.08. The van der Waals surface area contributed by atoms with Crippen LogP contribution in [0.2, 0.25) is 0 Å². The molecule has 0 atom stereocenters. The number of phenols is 1. The molecule has 0 amide bonds. The van der Waals surface area contributed by atoms with Crippen molar-refractivity contribution in [1.29, 1.82) is 0 Å². The first-order chi connectivity index (χ1) is 9.75. The molecule has 0 bridgehead atoms. The number of hydrogen-bond acceptors (Lipinski definition) is 2. The number of aromatic hydroxyl groups is 1. The molecular formula is C18H14O2. The number of hydrogen-bond donors (Lipinski definition) is 1. The van der Waals surface area contributed by atoms with E-state index in [9.17, 15) is 9.90 Å². The van der Waals surface area contributed by atoms with Gasteiger partial charge in [0.2, 0.25) is 0 Å². The number of carbonyl (C=O) groups excluding carboxylic acids is 1. The monoisotopic (exact) mass is 262 g/mol. The summed E-state index contributed by atoms with van der Waals surface area (Å²) in [5.41, 5.74) is 1.55. The minimum atomic E-state index is 0.0568. The van der Waals surface area contributed by atoms with Crippen molar-refractivity contribution in [1.82, 2.24) is 0 Å². The molecule has 3 rings (SSSR count). The van der Waals surface area contributed by atoms with Crippen molar-refractivity contribution in [2.75, 3.05) is 0 Å². The molecule has 1 N–H and O–H groups in total. The van der Waals surface area contributed by atoms with Crippen molar-refractivity contribution >= 4 is 16.6 Å². The second-order valence-corrected chi connectivity index (χ2v) is 4.76. The number of phenolic OH excluding ortho intramolecular Hbond substituents is 1. The smallest absolute Gasteiger partial charge is 0.167 e. The molecule has 0 unspecified atom stereocenters. The van der Waals surface area contributed by atoms with Gasteiger partial charge in [-0.1, -0.05) is 60.7 Å². The number of Topliss-reactive ketones (excluding diaryl/α,β-unsaturated/α-hetero) is 1. The maximum absolute atomic E-state index is 12.3. The second kappa shape index (κ2) is 5.17. The average molecular weight is 262 g/mol. The predicted molar refractivity (Wildman–Crippen MR) is 80.1 cm³/mol. The lowest BCUT2D eigenvalue weighted by molar-refractivity contribution is 0.0993. The fraction of sp³-hybridized carbons (Fsp3) is 0.0556. The molecule has 0 aliphatic heterocycles. The summed E-state index contributed by atoms with van der Waals surface area (Å²) in [6.45, 7) is 0. The molecular weight excluding hydrogens is 248 g/mol. The van der Waals surface area contributed by atoms with Crippen LogP contribution in [-0.2, 0) is 6.42 Å². The van der Waals surface area contributed by atoms with E-state index in [4.69, 9.17) is 0 Å². The van der Waals surface area contributed by atoms with Gasteiger partial charge in [-0.05, 0) is 17.0 Å². The van der Waals surface area contributed by atoms with Crippen LogP contribution >= 0.6 is 0 Å². The Bertz CT molecular complexity index is 755. The number of fused-ring (bicyclic) bond motifs is 1. The molecule has 2 heteroatoms. The summed E-state index contributed by atoms with van der Waals surface area (Å²) in [5.74, 6) is 0.278. The van der Waals surface area contributed by atoms with Gasteiger partial charge in [0, 0.05) is 17.4 Å². The summed E-state index contributed by atoms with van der Waals surface area (Å²) in [4.78, 5) is 12.3. The standard InChI is InChI=1S/C18H14O2/c19-16-11-5-9-14-8-4-10-15(18(14)16)12-17(20)13-6-2-1-3-7-13/h1-11,19H,12H2. The normalized spacial score (nSPS) is 10.6. The molecule has 2 nitrogen and oxygen atoms in total. The van der Waals surface area contributed by atoms with Gasteiger partial charge in [-0.3, -0.25) is 4.79 Å². The Labute approximate surface area is 117 Å². The first-order valence-electron chi connectivity index (χ1n) is 6.53. The van der Waals surface area contributed by atoms with Crippen LogP contribution in [0.25, 0.3) is 10.8 Å². The Morgan fingerprint density at radius 3 is 2.30 bits per heavy atom. The van der Waals surface area contributed by atoms with Gasteiger partial charge in [-0.15, -0.1) is 0 Å². The molecule has 0 saturated carbocycles. The third kappa shape index (κ3) is 2.28. The van der Waals surface area contributed by atoms with Crippen LogP contribution < -0.4 is 0 Å². The van der Waals surface area contributed by atoms with Crippen molar-refractivity contribution in [3.8, 4) is 5.75 Å². The third-order valence-electron chi connectivity index (χ3n) is 3.42. The van der Waals surface area contributed by atoms with Crippen LogP contribution in [0, 0.1) is 0 Å². The van der Waals surface area contributed by atoms with Gasteiger partial charge >= 0.3 is 0 Å². The van der Waals surface area contributed by atoms with Crippen molar-refractivity contribution in [3.05, 3.63) is 77.9 Å². The summed E-state index contributed by atoms with van der Waals surface area (Å²) in [6.07, 6.45) is 0.291. The highest BCUT2D eigenvalue weighted by atomic mass is 16.3. The topological polar surface area (TPSA) is 37.3 Å². The Hall–Kier alpha value is -2.61. The van der Waals surface area contributed by atoms with E-state index in [1.807, 2.05) is 54.6 Å². The quantitative estimate of drug-likeness (QED) is 0.725. The van der Waals surface area contributed by atoms with E-state index in [2.05, 4.69) is 0 Å². The van der Waals surface area contributed by atoms with E-state index >= 15 is 0 Å². The zero-order valence-corrected chi connectivity index (χ0v) is 10.9. The summed E-state index contributed by atoms with van der Waals surface area (Å²) in [7, 11) is 0. The van der Waals surface area contributed by atoms with E-state index in [0.717, 1.165) is 16.3 Å². The molecule has 3 aromatic carbocycles. The van der Waals surface area contributed by atoms with Crippen LogP contribution in [-0.4, -0.2) is 10.9 Å². The number of carbonyl (C=O) groups is 1. The van der Waals surface area contributed by atoms with E-state index in [0.29, 0.717) is 12.0 Å². The maximum Gasteiger partial charge on any atom is 0.167 e. The maximum atomic E-state index is 12.3. The van der Waals surface area contributed by atoms with Gasteiger partial charge in [0.1, 0.15) is 5.75 Å². The van der Waals surface area contributed by atoms with Gasteiger partial charge in [0.25, 0.3) is 0 Å². The average Bonchev–Trinajstić information content (AvgIpc) is 2.48. The molecule has 0 radical (unpaired) electrons. The SMILES string of the molecule is O=C(Cc1cccc2cccc(O)c12)c1ccccc1. The molecule has 98 valence electrons. The van der Waals surface area contributed by atoms with E-state index in [1.54, 1.807) is 12.1 Å². The number of ketones is 1. The highest BCUT2D eigenvalue weighted by Gasteiger charge is 2.11. The van der Waals surface area contributed by atoms with Crippen molar-refractivity contribution in [2.45, 2.75) is 6.42 Å². The molecule has 0 heterocycles. The Balaban J connectivity index is 2.02. The molecule has 0 fully saturated rings. The molecule has 0 aromatic heterocycles. The fourth-order valence-corrected chi connectivity index (χ4v) is 2.44. The van der Waals surface area contributed by atoms with Gasteiger partial charge < -0.3 is 5.11 Å². The van der Waals surface area contributed by atoms with Crippen molar-refractivity contribution in [2.24, 2.45) is 0 Å². The third-order valence-corrected chi connectivity index (χ3v) is 3.42. The fourth-order valence-electron chi connectivity index (χ4n) is 2.44. The zero-order chi connectivity index (χ0) is 13.9. The highest BCUT2D eigenvalue weighted by Crippen LogP contribution is 2.28. The van der Waals surface area contributed by atoms with E-state index in [1.165, 1.54) is 0 Å². The van der Waals surface area contributed by atoms with Gasteiger partial charge in [-0.25, -0.2) is 0 Å². The molecule has 0 saturated heterocycles. The number of benzene rings is 3. The molecule has 0 aliphatic carbocycles. The van der Waals surface area contributed by atoms with Crippen LogP contribution in [0.5, 0.6) is 5.75 Å². The molecule has 0 spiro atoms. The first kappa shape index (κ1) is 12.4. The van der Waals surface area contributed by atoms with Crippen LogP contribution in [0.3, 0.4) is 0 Å². The second-order valence-electron chi connectivity index (χ2n) is 4.76. The lowest BCUT2D eigenvalue weighted by atomic mass is 9.97. The van der Waals surface area contributed by atoms with Crippen LogP contribution in [0.15, 0.2) is 66.7 Å². The molecule has 0 aliphatic rings. The first-order valence-corrected chi connectivity index (χ1v) is 6.53. The lowest BCUT2D eigenvalue weighted by Crippen LogP contribution is -2.03. The minimum Gasteiger partial charge on any atom is -0.507 e. The zero-order valence-electron chi connectivity index (χ0n) is 10.9. The predicted octanol–water partition coefficient (Wildman–Crippen LogP) is 3.97. The summed E-state index contributed by atoms with van der Waals surface area (Å²) in [6, 6.07) is 20.4. The summed E-state index contributed by atoms with van der Waals surface area (Å²) >= 11 is 0. The highest BCUT2D eigenvalue weighted by molar-refractivity contribution is 6.01. The minimum absolute atomic E-state index is 0.0568. The van der Waals surface area contributed by atoms with Crippen LogP contribution in [0.1, 0.15) is 15.9 Å². The Morgan fingerprint density at radius 2 is 1.55 bits per heavy atom. The van der Waals surface area contributed by atoms with Gasteiger partial charge in [0.05, 0.1) is 0 Å². The van der Waals surface area contributed by atoms with E-state index < -0.39 is 0 Å².